The van der Waals surface area contributed by atoms with Gasteiger partial charge in [-0.15, -0.1) is 0 Å². The second kappa shape index (κ2) is 12.4. The number of amides is 3. The number of hydrogen-bond donors (Lipinski definition) is 8. The maximum Gasteiger partial charge on any atom is 0.327 e. The second-order valence-corrected chi connectivity index (χ2v) is 6.34. The maximum atomic E-state index is 12.4. The predicted octanol–water partition coefficient (Wildman–Crippen LogP) is -2.40. The molecule has 0 aromatic heterocycles. The Morgan fingerprint density at radius 1 is 0.852 bits per heavy atom. The number of thiol groups is 2. The smallest absolute Gasteiger partial charge is 0.327 e. The van der Waals surface area contributed by atoms with Crippen molar-refractivity contribution in [3.8, 4) is 0 Å². The lowest BCUT2D eigenvalue weighted by Crippen LogP contribution is -2.57. The normalized spacial score (nSPS) is 15.0. The van der Waals surface area contributed by atoms with Crippen molar-refractivity contribution in [3.63, 3.8) is 0 Å². The van der Waals surface area contributed by atoms with Gasteiger partial charge in [0.2, 0.25) is 17.7 Å². The van der Waals surface area contributed by atoms with Crippen LogP contribution in [0.5, 0.6) is 0 Å². The van der Waals surface area contributed by atoms with Crippen LogP contribution in [0.2, 0.25) is 0 Å². The van der Waals surface area contributed by atoms with Crippen LogP contribution in [0, 0.1) is 0 Å². The number of rotatable bonds is 12. The summed E-state index contributed by atoms with van der Waals surface area (Å²) < 4.78 is 0. The van der Waals surface area contributed by atoms with E-state index in [4.69, 9.17) is 15.9 Å². The van der Waals surface area contributed by atoms with Gasteiger partial charge >= 0.3 is 11.9 Å². The molecule has 3 amide bonds. The molecule has 0 aliphatic heterocycles. The van der Waals surface area contributed by atoms with Gasteiger partial charge in [0.1, 0.15) is 18.1 Å². The van der Waals surface area contributed by atoms with E-state index in [0.717, 1.165) is 0 Å². The molecule has 0 bridgehead atoms. The summed E-state index contributed by atoms with van der Waals surface area (Å²) in [5.74, 6) is -5.11. The fourth-order valence-corrected chi connectivity index (χ4v) is 2.27. The van der Waals surface area contributed by atoms with Gasteiger partial charge in [-0.25, -0.2) is 4.79 Å². The summed E-state index contributed by atoms with van der Waals surface area (Å²) in [4.78, 5) is 57.9. The van der Waals surface area contributed by atoms with Crippen LogP contribution in [-0.2, 0) is 24.0 Å². The van der Waals surface area contributed by atoms with Gasteiger partial charge in [-0.2, -0.15) is 25.3 Å². The first-order valence-electron chi connectivity index (χ1n) is 7.86. The number of nitrogens with two attached hydrogens (primary N) is 1. The van der Waals surface area contributed by atoms with E-state index in [9.17, 15) is 24.0 Å². The van der Waals surface area contributed by atoms with Crippen LogP contribution < -0.4 is 21.7 Å². The molecule has 0 aliphatic carbocycles. The quantitative estimate of drug-likeness (QED) is 0.159. The Labute approximate surface area is 166 Å². The number of carboxylic acids is 2. The molecule has 0 heterocycles. The fraction of sp³-hybridized carbons (Fsp3) is 0.643. The largest absolute Gasteiger partial charge is 0.481 e. The highest BCUT2D eigenvalue weighted by atomic mass is 32.1. The molecule has 27 heavy (non-hydrogen) atoms. The van der Waals surface area contributed by atoms with Crippen molar-refractivity contribution >= 4 is 54.9 Å². The third kappa shape index (κ3) is 9.49. The molecule has 0 aromatic rings. The Balaban J connectivity index is 5.10. The maximum absolute atomic E-state index is 12.4. The molecular weight excluding hydrogens is 400 g/mol. The number of carbonyl (C=O) groups excluding carboxylic acids is 3. The van der Waals surface area contributed by atoms with Crippen LogP contribution >= 0.6 is 25.3 Å². The summed E-state index contributed by atoms with van der Waals surface area (Å²) in [6.07, 6.45) is -0.634. The molecule has 13 heteroatoms. The Bertz CT molecular complexity index is 574. The van der Waals surface area contributed by atoms with E-state index >= 15 is 0 Å². The standard InChI is InChI=1S/C14H24N4O7S2/c1-6(15)11(21)16-7(2-3-10(19)20)12(22)17-8(4-26)13(23)18-9(5-27)14(24)25/h6-9,26-27H,2-5,15H2,1H3,(H,16,21)(H,17,22)(H,18,23)(H,19,20)(H,24,25). The van der Waals surface area contributed by atoms with Crippen LogP contribution in [-0.4, -0.2) is 75.5 Å². The van der Waals surface area contributed by atoms with E-state index < -0.39 is 60.2 Å². The first kappa shape index (κ1) is 25.0. The lowest BCUT2D eigenvalue weighted by atomic mass is 10.1. The van der Waals surface area contributed by atoms with Crippen molar-refractivity contribution in [2.75, 3.05) is 11.5 Å². The zero-order chi connectivity index (χ0) is 21.1. The first-order valence-corrected chi connectivity index (χ1v) is 9.12. The van der Waals surface area contributed by atoms with Gasteiger partial charge < -0.3 is 31.9 Å². The van der Waals surface area contributed by atoms with E-state index in [1.165, 1.54) is 6.92 Å². The van der Waals surface area contributed by atoms with Gasteiger partial charge in [0.05, 0.1) is 6.04 Å². The SMILES string of the molecule is CC(N)C(=O)NC(CCC(=O)O)C(=O)NC(CS)C(=O)NC(CS)C(=O)O. The highest BCUT2D eigenvalue weighted by Crippen LogP contribution is 2.01. The number of carbonyl (C=O) groups is 5. The van der Waals surface area contributed by atoms with Crippen molar-refractivity contribution < 1.29 is 34.2 Å². The molecule has 0 saturated carbocycles. The van der Waals surface area contributed by atoms with E-state index in [2.05, 4.69) is 41.2 Å². The van der Waals surface area contributed by atoms with Crippen molar-refractivity contribution in [1.29, 1.82) is 0 Å². The highest BCUT2D eigenvalue weighted by Gasteiger charge is 2.29. The predicted molar refractivity (Wildman–Crippen MR) is 102 cm³/mol. The zero-order valence-corrected chi connectivity index (χ0v) is 16.3. The third-order valence-corrected chi connectivity index (χ3v) is 4.04. The monoisotopic (exact) mass is 424 g/mol. The van der Waals surface area contributed by atoms with Gasteiger partial charge in [0.25, 0.3) is 0 Å². The molecule has 0 fully saturated rings. The minimum atomic E-state index is -1.30. The van der Waals surface area contributed by atoms with Gasteiger partial charge in [-0.05, 0) is 13.3 Å². The van der Waals surface area contributed by atoms with Gasteiger partial charge in [-0.3, -0.25) is 19.2 Å². The molecule has 0 radical (unpaired) electrons. The van der Waals surface area contributed by atoms with E-state index in [1.54, 1.807) is 0 Å². The molecule has 4 unspecified atom stereocenters. The third-order valence-electron chi connectivity index (χ3n) is 3.31. The van der Waals surface area contributed by atoms with Gasteiger partial charge in [-0.1, -0.05) is 0 Å². The van der Waals surface area contributed by atoms with E-state index in [1.807, 2.05) is 0 Å². The summed E-state index contributed by atoms with van der Waals surface area (Å²) >= 11 is 7.76. The van der Waals surface area contributed by atoms with Crippen molar-refractivity contribution in [3.05, 3.63) is 0 Å². The Morgan fingerprint density at radius 2 is 1.30 bits per heavy atom. The molecule has 0 saturated heterocycles. The molecule has 0 spiro atoms. The molecule has 4 atom stereocenters. The molecule has 7 N–H and O–H groups in total. The van der Waals surface area contributed by atoms with Gasteiger partial charge in [0, 0.05) is 17.9 Å². The van der Waals surface area contributed by atoms with Crippen molar-refractivity contribution in [2.45, 2.75) is 43.9 Å². The molecule has 154 valence electrons. The molecule has 0 rings (SSSR count). The Hall–Kier alpha value is -1.99. The molecule has 0 aliphatic rings. The lowest BCUT2D eigenvalue weighted by Gasteiger charge is -2.23. The average molecular weight is 425 g/mol. The van der Waals surface area contributed by atoms with Crippen LogP contribution in [0.3, 0.4) is 0 Å². The van der Waals surface area contributed by atoms with Crippen LogP contribution in [0.1, 0.15) is 19.8 Å². The summed E-state index contributed by atoms with van der Waals surface area (Å²) in [6, 6.07) is -4.64. The van der Waals surface area contributed by atoms with Crippen molar-refractivity contribution in [1.82, 2.24) is 16.0 Å². The topological polar surface area (TPSA) is 188 Å². The second-order valence-electron chi connectivity index (χ2n) is 5.61. The number of carboxylic acid groups (broad SMARTS) is 2. The van der Waals surface area contributed by atoms with E-state index in [-0.39, 0.29) is 17.9 Å². The minimum Gasteiger partial charge on any atom is -0.481 e. The fourth-order valence-electron chi connectivity index (χ4n) is 1.76. The highest BCUT2D eigenvalue weighted by molar-refractivity contribution is 7.80. The van der Waals surface area contributed by atoms with Crippen LogP contribution in [0.25, 0.3) is 0 Å². The lowest BCUT2D eigenvalue weighted by molar-refractivity contribution is -0.141. The summed E-state index contributed by atoms with van der Waals surface area (Å²) in [5.41, 5.74) is 5.42. The zero-order valence-electron chi connectivity index (χ0n) is 14.5. The summed E-state index contributed by atoms with van der Waals surface area (Å²) in [6.45, 7) is 1.38. The number of nitrogens with one attached hydrogen (secondary N) is 3. The molecular formula is C14H24N4O7S2. The average Bonchev–Trinajstić information content (AvgIpc) is 2.59. The summed E-state index contributed by atoms with van der Waals surface area (Å²) in [7, 11) is 0. The number of aliphatic carboxylic acids is 2. The summed E-state index contributed by atoms with van der Waals surface area (Å²) in [5, 5.41) is 24.5. The molecule has 0 aromatic carbocycles. The minimum absolute atomic E-state index is 0.163. The van der Waals surface area contributed by atoms with Gasteiger partial charge in [0.15, 0.2) is 0 Å². The molecule has 11 nitrogen and oxygen atoms in total. The first-order chi connectivity index (χ1) is 12.5. The Morgan fingerprint density at radius 3 is 1.70 bits per heavy atom. The van der Waals surface area contributed by atoms with Crippen molar-refractivity contribution in [2.24, 2.45) is 5.73 Å². The van der Waals surface area contributed by atoms with Crippen LogP contribution in [0.4, 0.5) is 0 Å². The Kier molecular flexibility index (Phi) is 11.5. The van der Waals surface area contributed by atoms with E-state index in [0.29, 0.717) is 0 Å². The number of hydrogen-bond acceptors (Lipinski definition) is 8. The van der Waals surface area contributed by atoms with Crippen LogP contribution in [0.15, 0.2) is 0 Å².